The van der Waals surface area contributed by atoms with E-state index >= 15 is 0 Å². The highest BCUT2D eigenvalue weighted by atomic mass is 16.7. The summed E-state index contributed by atoms with van der Waals surface area (Å²) in [6, 6.07) is 14.8. The lowest BCUT2D eigenvalue weighted by Gasteiger charge is -2.19. The number of fused-ring (bicyclic) bond motifs is 3. The molecule has 2 atom stereocenters. The second kappa shape index (κ2) is 9.76. The quantitative estimate of drug-likeness (QED) is 0.402. The van der Waals surface area contributed by atoms with E-state index in [1.807, 2.05) is 48.5 Å². The molecule has 0 bridgehead atoms. The zero-order valence-corrected chi connectivity index (χ0v) is 17.8. The van der Waals surface area contributed by atoms with Gasteiger partial charge in [0.1, 0.15) is 12.6 Å². The van der Waals surface area contributed by atoms with E-state index in [1.165, 1.54) is 0 Å². The van der Waals surface area contributed by atoms with Gasteiger partial charge in [0.05, 0.1) is 0 Å². The molecule has 170 valence electrons. The van der Waals surface area contributed by atoms with Gasteiger partial charge in [0.15, 0.2) is 6.10 Å². The average Bonchev–Trinajstić information content (AvgIpc) is 3.59. The summed E-state index contributed by atoms with van der Waals surface area (Å²) in [5.41, 5.74) is 6.46. The maximum Gasteiger partial charge on any atom is 0.407 e. The van der Waals surface area contributed by atoms with Crippen molar-refractivity contribution in [2.45, 2.75) is 37.3 Å². The standard InChI is InChI=1S/C25H24N2O6/c1-2-7-21(23(28)27-33-22(24(29)30)15-12-13-15)26-25(31)32-14-20-18-10-5-3-8-16(18)17-9-4-6-11-19(17)20/h1,3-6,8-11,15,20-22H,7,12-14H2,(H,26,31)(H,27,28)(H,29,30). The Labute approximate surface area is 191 Å². The summed E-state index contributed by atoms with van der Waals surface area (Å²) < 4.78 is 5.45. The highest BCUT2D eigenvalue weighted by molar-refractivity contribution is 5.85. The van der Waals surface area contributed by atoms with Gasteiger partial charge in [-0.05, 0) is 41.0 Å². The summed E-state index contributed by atoms with van der Waals surface area (Å²) >= 11 is 0. The highest BCUT2D eigenvalue weighted by Gasteiger charge is 2.38. The number of terminal acetylenes is 1. The lowest BCUT2D eigenvalue weighted by molar-refractivity contribution is -0.163. The van der Waals surface area contributed by atoms with E-state index in [4.69, 9.17) is 16.0 Å². The van der Waals surface area contributed by atoms with E-state index in [1.54, 1.807) is 0 Å². The number of alkyl carbamates (subject to hydrolysis) is 1. The molecular formula is C25H24N2O6. The minimum Gasteiger partial charge on any atom is -0.479 e. The number of nitrogens with one attached hydrogen (secondary N) is 2. The first-order chi connectivity index (χ1) is 16.0. The van der Waals surface area contributed by atoms with Gasteiger partial charge in [-0.1, -0.05) is 48.5 Å². The summed E-state index contributed by atoms with van der Waals surface area (Å²) in [6.45, 7) is 0.0868. The number of amides is 2. The average molecular weight is 448 g/mol. The Hall–Kier alpha value is -3.83. The summed E-state index contributed by atoms with van der Waals surface area (Å²) in [6.07, 6.45) is 4.73. The number of benzene rings is 2. The summed E-state index contributed by atoms with van der Waals surface area (Å²) in [5, 5.41) is 11.6. The first-order valence-electron chi connectivity index (χ1n) is 10.7. The van der Waals surface area contributed by atoms with Gasteiger partial charge in [-0.25, -0.2) is 15.1 Å². The van der Waals surface area contributed by atoms with Crippen LogP contribution in [0.4, 0.5) is 4.79 Å². The Morgan fingerprint density at radius 2 is 1.67 bits per heavy atom. The molecule has 2 amide bonds. The number of carbonyl (C=O) groups excluding carboxylic acids is 2. The molecule has 2 aliphatic rings. The van der Waals surface area contributed by atoms with Crippen LogP contribution in [0.1, 0.15) is 36.3 Å². The van der Waals surface area contributed by atoms with Crippen LogP contribution in [0.15, 0.2) is 48.5 Å². The summed E-state index contributed by atoms with van der Waals surface area (Å²) in [7, 11) is 0. The SMILES string of the molecule is C#CCC(NC(=O)OCC1c2ccccc2-c2ccccc21)C(=O)NOC(C(=O)O)C1CC1. The smallest absolute Gasteiger partial charge is 0.407 e. The molecule has 3 N–H and O–H groups in total. The number of hydrogen-bond donors (Lipinski definition) is 3. The Balaban J connectivity index is 1.35. The molecule has 2 aliphatic carbocycles. The van der Waals surface area contributed by atoms with Crippen molar-refractivity contribution in [1.29, 1.82) is 0 Å². The first kappa shape index (κ1) is 22.4. The van der Waals surface area contributed by atoms with E-state index in [9.17, 15) is 19.5 Å². The number of carboxylic acid groups (broad SMARTS) is 1. The molecule has 0 aliphatic heterocycles. The number of hydroxylamine groups is 1. The molecule has 0 aromatic heterocycles. The van der Waals surface area contributed by atoms with Crippen molar-refractivity contribution in [1.82, 2.24) is 10.8 Å². The zero-order valence-electron chi connectivity index (χ0n) is 17.8. The fourth-order valence-electron chi connectivity index (χ4n) is 4.05. The molecule has 2 aromatic rings. The highest BCUT2D eigenvalue weighted by Crippen LogP contribution is 2.44. The fourth-order valence-corrected chi connectivity index (χ4v) is 4.05. The molecule has 2 unspecified atom stereocenters. The predicted octanol–water partition coefficient (Wildman–Crippen LogP) is 2.83. The largest absolute Gasteiger partial charge is 0.479 e. The minimum absolute atomic E-state index is 0.0868. The molecule has 0 radical (unpaired) electrons. The van der Waals surface area contributed by atoms with Crippen LogP contribution in [0.3, 0.4) is 0 Å². The van der Waals surface area contributed by atoms with Crippen LogP contribution >= 0.6 is 0 Å². The van der Waals surface area contributed by atoms with E-state index in [-0.39, 0.29) is 24.9 Å². The van der Waals surface area contributed by atoms with E-state index in [0.29, 0.717) is 0 Å². The van der Waals surface area contributed by atoms with Crippen molar-refractivity contribution in [3.63, 3.8) is 0 Å². The Bertz CT molecular complexity index is 1060. The minimum atomic E-state index is -1.16. The number of ether oxygens (including phenoxy) is 1. The lowest BCUT2D eigenvalue weighted by atomic mass is 9.98. The fraction of sp³-hybridized carbons (Fsp3) is 0.320. The van der Waals surface area contributed by atoms with Crippen molar-refractivity contribution in [3.05, 3.63) is 59.7 Å². The molecule has 8 nitrogen and oxygen atoms in total. The monoisotopic (exact) mass is 448 g/mol. The van der Waals surface area contributed by atoms with Gasteiger partial charge in [-0.3, -0.25) is 9.63 Å². The van der Waals surface area contributed by atoms with Crippen molar-refractivity contribution < 1.29 is 29.1 Å². The zero-order chi connectivity index (χ0) is 23.4. The van der Waals surface area contributed by atoms with Crippen LogP contribution < -0.4 is 10.8 Å². The maximum absolute atomic E-state index is 12.5. The van der Waals surface area contributed by atoms with Crippen LogP contribution in [0.25, 0.3) is 11.1 Å². The predicted molar refractivity (Wildman–Crippen MR) is 119 cm³/mol. The van der Waals surface area contributed by atoms with Gasteiger partial charge in [-0.15, -0.1) is 12.3 Å². The first-order valence-corrected chi connectivity index (χ1v) is 10.7. The van der Waals surface area contributed by atoms with E-state index in [2.05, 4.69) is 16.7 Å². The number of rotatable bonds is 9. The van der Waals surface area contributed by atoms with Gasteiger partial charge in [0.25, 0.3) is 5.91 Å². The van der Waals surface area contributed by atoms with Crippen LogP contribution in [-0.4, -0.2) is 41.8 Å². The van der Waals surface area contributed by atoms with Crippen LogP contribution in [-0.2, 0) is 19.2 Å². The van der Waals surface area contributed by atoms with Crippen molar-refractivity contribution in [2.75, 3.05) is 6.61 Å². The van der Waals surface area contributed by atoms with Gasteiger partial charge in [0.2, 0.25) is 0 Å². The molecule has 1 saturated carbocycles. The number of aliphatic carboxylic acids is 1. The molecule has 0 heterocycles. The lowest BCUT2D eigenvalue weighted by Crippen LogP contribution is -2.48. The van der Waals surface area contributed by atoms with Crippen molar-refractivity contribution in [3.8, 4) is 23.5 Å². The normalized spacial score (nSPS) is 16.0. The van der Waals surface area contributed by atoms with Crippen LogP contribution in [0.5, 0.6) is 0 Å². The summed E-state index contributed by atoms with van der Waals surface area (Å²) in [4.78, 5) is 41.2. The van der Waals surface area contributed by atoms with Gasteiger partial charge in [0, 0.05) is 12.3 Å². The van der Waals surface area contributed by atoms with E-state index < -0.39 is 30.1 Å². The Kier molecular flexibility index (Phi) is 6.61. The third-order valence-electron chi connectivity index (χ3n) is 5.85. The molecule has 0 spiro atoms. The van der Waals surface area contributed by atoms with Crippen LogP contribution in [0.2, 0.25) is 0 Å². The van der Waals surface area contributed by atoms with Crippen molar-refractivity contribution >= 4 is 18.0 Å². The Morgan fingerprint density at radius 1 is 1.06 bits per heavy atom. The van der Waals surface area contributed by atoms with Gasteiger partial charge < -0.3 is 15.2 Å². The topological polar surface area (TPSA) is 114 Å². The number of carbonyl (C=O) groups is 3. The number of hydrogen-bond acceptors (Lipinski definition) is 5. The second-order valence-corrected chi connectivity index (χ2v) is 8.11. The molecule has 0 saturated heterocycles. The molecule has 1 fully saturated rings. The van der Waals surface area contributed by atoms with Crippen LogP contribution in [0, 0.1) is 18.3 Å². The molecular weight excluding hydrogens is 424 g/mol. The molecule has 33 heavy (non-hydrogen) atoms. The Morgan fingerprint density at radius 3 is 2.21 bits per heavy atom. The molecule has 8 heteroatoms. The van der Waals surface area contributed by atoms with Crippen molar-refractivity contribution in [2.24, 2.45) is 5.92 Å². The third-order valence-corrected chi connectivity index (χ3v) is 5.85. The van der Waals surface area contributed by atoms with E-state index in [0.717, 1.165) is 35.1 Å². The molecule has 2 aromatic carbocycles. The van der Waals surface area contributed by atoms with Gasteiger partial charge >= 0.3 is 12.1 Å². The molecule has 4 rings (SSSR count). The maximum atomic E-state index is 12.5. The second-order valence-electron chi connectivity index (χ2n) is 8.11. The number of carboxylic acids is 1. The summed E-state index contributed by atoms with van der Waals surface area (Å²) in [5.74, 6) is 0.162. The third kappa shape index (κ3) is 4.99. The van der Waals surface area contributed by atoms with Gasteiger partial charge in [-0.2, -0.15) is 0 Å².